The second-order valence-corrected chi connectivity index (χ2v) is 2.75. The molecule has 1 aromatic rings. The van der Waals surface area contributed by atoms with Crippen LogP contribution in [0.25, 0.3) is 0 Å². The fraction of sp³-hybridized carbons (Fsp3) is 0. The van der Waals surface area contributed by atoms with Gasteiger partial charge in [0.25, 0.3) is 0 Å². The van der Waals surface area contributed by atoms with Crippen LogP contribution in [-0.4, -0.2) is 0 Å². The standard InChI is InChI=1S/C6H5.Os/c1-2-4-6-5-3-1;/h1-5H;. The molecule has 0 heterocycles. The van der Waals surface area contributed by atoms with Crippen molar-refractivity contribution in [3.05, 3.63) is 30.3 Å². The fourth-order valence-electron chi connectivity index (χ4n) is 0.410. The van der Waals surface area contributed by atoms with Crippen molar-refractivity contribution < 1.29 is 18.6 Å². The average molecular weight is 267 g/mol. The third kappa shape index (κ3) is 1.41. The van der Waals surface area contributed by atoms with E-state index in [1.165, 1.54) is 4.12 Å². The zero-order chi connectivity index (χ0) is 5.11. The molecule has 0 fully saturated rings. The van der Waals surface area contributed by atoms with Crippen LogP contribution >= 0.6 is 0 Å². The monoisotopic (exact) mass is 269 g/mol. The molecule has 37 valence electrons. The van der Waals surface area contributed by atoms with Gasteiger partial charge in [0.15, 0.2) is 0 Å². The van der Waals surface area contributed by atoms with Crippen molar-refractivity contribution in [3.63, 3.8) is 0 Å². The van der Waals surface area contributed by atoms with Crippen molar-refractivity contribution in [2.24, 2.45) is 0 Å². The summed E-state index contributed by atoms with van der Waals surface area (Å²) in [5, 5.41) is 0. The molecule has 7 heavy (non-hydrogen) atoms. The first-order chi connectivity index (χ1) is 3.39. The minimum absolute atomic E-state index is 1.35. The van der Waals surface area contributed by atoms with E-state index in [0.29, 0.717) is 0 Å². The molecular formula is C6H5Os. The van der Waals surface area contributed by atoms with E-state index >= 15 is 0 Å². The predicted octanol–water partition coefficient (Wildman–Crippen LogP) is 0.859. The molecule has 0 aliphatic carbocycles. The SMILES string of the molecule is [Os][c]1ccccc1. The molecule has 0 aliphatic rings. The quantitative estimate of drug-likeness (QED) is 0.654. The number of hydrogen-bond acceptors (Lipinski definition) is 0. The van der Waals surface area contributed by atoms with E-state index in [0.717, 1.165) is 0 Å². The summed E-state index contributed by atoms with van der Waals surface area (Å²) < 4.78 is 1.35. The summed E-state index contributed by atoms with van der Waals surface area (Å²) in [6.07, 6.45) is 0. The number of hydrogen-bond donors (Lipinski definition) is 0. The molecule has 0 aromatic heterocycles. The van der Waals surface area contributed by atoms with Crippen LogP contribution in [0.2, 0.25) is 0 Å². The van der Waals surface area contributed by atoms with Crippen LogP contribution in [0.15, 0.2) is 30.3 Å². The van der Waals surface area contributed by atoms with Crippen LogP contribution in [0, 0.1) is 0 Å². The topological polar surface area (TPSA) is 0 Å². The van der Waals surface area contributed by atoms with E-state index in [1.54, 1.807) is 0 Å². The summed E-state index contributed by atoms with van der Waals surface area (Å²) in [5.74, 6) is 0. The van der Waals surface area contributed by atoms with Crippen molar-refractivity contribution in [1.29, 1.82) is 0 Å². The molecule has 1 aromatic carbocycles. The van der Waals surface area contributed by atoms with Crippen molar-refractivity contribution in [3.8, 4) is 0 Å². The van der Waals surface area contributed by atoms with Crippen LogP contribution in [0.1, 0.15) is 0 Å². The molecule has 0 atom stereocenters. The van der Waals surface area contributed by atoms with Gasteiger partial charge in [-0.3, -0.25) is 0 Å². The number of rotatable bonds is 0. The zero-order valence-corrected chi connectivity index (χ0v) is 6.28. The molecule has 0 N–H and O–H groups in total. The van der Waals surface area contributed by atoms with Gasteiger partial charge < -0.3 is 0 Å². The van der Waals surface area contributed by atoms with Gasteiger partial charge in [-0.1, -0.05) is 0 Å². The summed E-state index contributed by atoms with van der Waals surface area (Å²) >= 11 is 1.90. The molecule has 0 aliphatic heterocycles. The Hall–Kier alpha value is -0.144. The first-order valence-electron chi connectivity index (χ1n) is 2.09. The molecule has 0 nitrogen and oxygen atoms in total. The Bertz CT molecular complexity index is 134. The molecule has 0 saturated heterocycles. The zero-order valence-electron chi connectivity index (χ0n) is 3.74. The maximum atomic E-state index is 2.10. The Morgan fingerprint density at radius 1 is 1.00 bits per heavy atom. The third-order valence-corrected chi connectivity index (χ3v) is 1.57. The van der Waals surface area contributed by atoms with E-state index in [2.05, 4.69) is 12.1 Å². The van der Waals surface area contributed by atoms with E-state index in [-0.39, 0.29) is 0 Å². The predicted molar refractivity (Wildman–Crippen MR) is 26.1 cm³/mol. The molecule has 0 radical (unpaired) electrons. The molecular weight excluding hydrogens is 262 g/mol. The van der Waals surface area contributed by atoms with Crippen molar-refractivity contribution in [1.82, 2.24) is 0 Å². The summed E-state index contributed by atoms with van der Waals surface area (Å²) in [6.45, 7) is 0. The van der Waals surface area contributed by atoms with Gasteiger partial charge in [0.05, 0.1) is 0 Å². The average Bonchev–Trinajstić information content (AvgIpc) is 1.69. The van der Waals surface area contributed by atoms with Gasteiger partial charge in [-0.2, -0.15) is 0 Å². The van der Waals surface area contributed by atoms with Crippen molar-refractivity contribution in [2.45, 2.75) is 0 Å². The van der Waals surface area contributed by atoms with Crippen molar-refractivity contribution in [2.75, 3.05) is 0 Å². The molecule has 0 spiro atoms. The maximum absolute atomic E-state index is 2.10. The molecule has 0 amide bonds. The van der Waals surface area contributed by atoms with Crippen LogP contribution < -0.4 is 4.12 Å². The van der Waals surface area contributed by atoms with Gasteiger partial charge >= 0.3 is 53.0 Å². The molecule has 1 rings (SSSR count). The number of benzene rings is 1. The normalized spacial score (nSPS) is 8.71. The van der Waals surface area contributed by atoms with Crippen LogP contribution in [0.5, 0.6) is 0 Å². The second-order valence-electron chi connectivity index (χ2n) is 1.28. The van der Waals surface area contributed by atoms with Crippen LogP contribution in [-0.2, 0) is 18.6 Å². The summed E-state index contributed by atoms with van der Waals surface area (Å²) in [6, 6.07) is 10.3. The second kappa shape index (κ2) is 2.24. The summed E-state index contributed by atoms with van der Waals surface area (Å²) in [5.41, 5.74) is 0. The van der Waals surface area contributed by atoms with Gasteiger partial charge in [0, 0.05) is 0 Å². The molecule has 0 bridgehead atoms. The van der Waals surface area contributed by atoms with E-state index in [9.17, 15) is 0 Å². The third-order valence-electron chi connectivity index (χ3n) is 0.725. The van der Waals surface area contributed by atoms with E-state index < -0.39 is 0 Å². The minimum atomic E-state index is 1.35. The Kier molecular flexibility index (Phi) is 1.60. The first kappa shape index (κ1) is 5.00. The summed E-state index contributed by atoms with van der Waals surface area (Å²) in [7, 11) is 0. The van der Waals surface area contributed by atoms with Crippen LogP contribution in [0.3, 0.4) is 0 Å². The Balaban J connectivity index is 3.02. The first-order valence-corrected chi connectivity index (χ1v) is 3.36. The van der Waals surface area contributed by atoms with E-state index in [1.807, 2.05) is 36.8 Å². The Morgan fingerprint density at radius 2 is 1.57 bits per heavy atom. The van der Waals surface area contributed by atoms with Gasteiger partial charge in [0.2, 0.25) is 0 Å². The molecule has 0 unspecified atom stereocenters. The van der Waals surface area contributed by atoms with E-state index in [4.69, 9.17) is 0 Å². The van der Waals surface area contributed by atoms with Gasteiger partial charge in [-0.05, 0) is 0 Å². The molecule has 0 saturated carbocycles. The van der Waals surface area contributed by atoms with Gasteiger partial charge in [0.1, 0.15) is 0 Å². The van der Waals surface area contributed by atoms with Gasteiger partial charge in [-0.15, -0.1) is 0 Å². The molecule has 1 heteroatoms. The summed E-state index contributed by atoms with van der Waals surface area (Å²) in [4.78, 5) is 0. The Morgan fingerprint density at radius 3 is 1.86 bits per heavy atom. The fourth-order valence-corrected chi connectivity index (χ4v) is 0.899. The van der Waals surface area contributed by atoms with Crippen LogP contribution in [0.4, 0.5) is 0 Å². The van der Waals surface area contributed by atoms with Crippen molar-refractivity contribution >= 4 is 4.12 Å². The van der Waals surface area contributed by atoms with Gasteiger partial charge in [-0.25, -0.2) is 0 Å². The Labute approximate surface area is 53.5 Å².